The second-order valence-electron chi connectivity index (χ2n) is 7.17. The third-order valence-electron chi connectivity index (χ3n) is 3.88. The number of oxime groups is 1. The number of carboxylic acid groups (broad SMARTS) is 1. The molecule has 1 aromatic carbocycles. The molecule has 1 aromatic heterocycles. The summed E-state index contributed by atoms with van der Waals surface area (Å²) in [5.41, 5.74) is 7.34. The number of esters is 2. The van der Waals surface area contributed by atoms with Crippen molar-refractivity contribution in [2.75, 3.05) is 5.73 Å². The van der Waals surface area contributed by atoms with Crippen LogP contribution in [0.3, 0.4) is 0 Å². The Morgan fingerprint density at radius 3 is 2.23 bits per heavy atom. The van der Waals surface area contributed by atoms with Crippen LogP contribution in [0.25, 0.3) is 0 Å². The van der Waals surface area contributed by atoms with Crippen LogP contribution in [0.4, 0.5) is 5.13 Å². The number of hydrogen-bond acceptors (Lipinski definition) is 12. The van der Waals surface area contributed by atoms with Crippen molar-refractivity contribution >= 4 is 51.9 Å². The Kier molecular flexibility index (Phi) is 8.44. The summed E-state index contributed by atoms with van der Waals surface area (Å²) in [6, 6.07) is 3.63. The zero-order valence-corrected chi connectivity index (χ0v) is 19.7. The number of nitrogens with one attached hydrogen (secondary N) is 2. The van der Waals surface area contributed by atoms with Gasteiger partial charge >= 0.3 is 17.9 Å². The number of aliphatic carboxylic acids is 1. The smallest absolute Gasteiger partial charge is 0.360 e. The molecule has 2 rings (SSSR count). The van der Waals surface area contributed by atoms with Gasteiger partial charge in [-0.25, -0.2) is 9.78 Å². The first kappa shape index (κ1) is 26.7. The Hall–Kier alpha value is -4.53. The lowest BCUT2D eigenvalue weighted by Crippen LogP contribution is -2.51. The molecular formula is C20H21N5O9S. The molecule has 0 saturated heterocycles. The monoisotopic (exact) mass is 507 g/mol. The third kappa shape index (κ3) is 7.50. The Morgan fingerprint density at radius 1 is 1.06 bits per heavy atom. The van der Waals surface area contributed by atoms with Gasteiger partial charge in [-0.15, -0.1) is 11.3 Å². The summed E-state index contributed by atoms with van der Waals surface area (Å²) in [4.78, 5) is 67.8. The summed E-state index contributed by atoms with van der Waals surface area (Å²) in [7, 11) is 0. The molecule has 186 valence electrons. The highest BCUT2D eigenvalue weighted by Gasteiger charge is 2.32. The number of carbonyl (C=O) groups excluding carboxylic acids is 4. The van der Waals surface area contributed by atoms with E-state index >= 15 is 0 Å². The molecular weight excluding hydrogens is 486 g/mol. The van der Waals surface area contributed by atoms with Crippen LogP contribution in [0.15, 0.2) is 28.7 Å². The molecule has 0 fully saturated rings. The SMILES string of the molecule is CC(=O)Oc1ccc(C(=O)NNC(=O)C(C)(C)ON=C(C(=O)O)c2csc(N)n2)cc1OC(C)=O. The molecule has 5 N–H and O–H groups in total. The fourth-order valence-electron chi connectivity index (χ4n) is 2.25. The zero-order chi connectivity index (χ0) is 26.3. The maximum absolute atomic E-state index is 12.5. The van der Waals surface area contributed by atoms with Gasteiger partial charge in [-0.1, -0.05) is 5.16 Å². The van der Waals surface area contributed by atoms with Crippen LogP contribution in [0, 0.1) is 0 Å². The molecule has 0 atom stereocenters. The Bertz CT molecular complexity index is 1210. The molecule has 0 aliphatic carbocycles. The van der Waals surface area contributed by atoms with Gasteiger partial charge in [-0.2, -0.15) is 0 Å². The lowest BCUT2D eigenvalue weighted by molar-refractivity contribution is -0.144. The van der Waals surface area contributed by atoms with Gasteiger partial charge in [0.2, 0.25) is 11.3 Å². The van der Waals surface area contributed by atoms with Crippen molar-refractivity contribution in [3.8, 4) is 11.5 Å². The van der Waals surface area contributed by atoms with Crippen molar-refractivity contribution in [2.24, 2.45) is 5.16 Å². The minimum absolute atomic E-state index is 0.0507. The maximum atomic E-state index is 12.5. The van der Waals surface area contributed by atoms with Crippen LogP contribution < -0.4 is 26.1 Å². The van der Waals surface area contributed by atoms with E-state index in [1.165, 1.54) is 31.4 Å². The minimum Gasteiger partial charge on any atom is -0.476 e. The Morgan fingerprint density at radius 2 is 1.69 bits per heavy atom. The standard InChI is InChI=1S/C20H21N5O9S/c1-9(26)32-13-6-5-11(7-14(13)33-10(2)27)16(28)23-24-18(31)20(3,4)34-25-15(17(29)30)12-8-35-19(21)22-12/h5-8H,1-4H3,(H2,21,22)(H,23,28)(H,24,31)(H,29,30). The van der Waals surface area contributed by atoms with E-state index in [-0.39, 0.29) is 27.9 Å². The molecule has 15 heteroatoms. The van der Waals surface area contributed by atoms with Gasteiger partial charge in [-0.05, 0) is 32.0 Å². The van der Waals surface area contributed by atoms with Gasteiger partial charge in [0.15, 0.2) is 16.6 Å². The molecule has 0 unspecified atom stereocenters. The van der Waals surface area contributed by atoms with Crippen LogP contribution in [0.1, 0.15) is 43.7 Å². The Balaban J connectivity index is 2.10. The van der Waals surface area contributed by atoms with Gasteiger partial charge < -0.3 is 25.2 Å². The molecule has 0 aliphatic heterocycles. The van der Waals surface area contributed by atoms with Crippen LogP contribution in [0.2, 0.25) is 0 Å². The average Bonchev–Trinajstić information content (AvgIpc) is 3.17. The Labute approximate surface area is 202 Å². The first-order valence-corrected chi connectivity index (χ1v) is 10.5. The molecule has 1 heterocycles. The minimum atomic E-state index is -1.72. The van der Waals surface area contributed by atoms with Crippen molar-refractivity contribution in [3.63, 3.8) is 0 Å². The molecule has 2 aromatic rings. The van der Waals surface area contributed by atoms with E-state index in [1.54, 1.807) is 0 Å². The summed E-state index contributed by atoms with van der Waals surface area (Å²) in [5, 5.41) is 14.3. The van der Waals surface area contributed by atoms with Crippen LogP contribution in [0.5, 0.6) is 11.5 Å². The highest BCUT2D eigenvalue weighted by Crippen LogP contribution is 2.29. The summed E-state index contributed by atoms with van der Waals surface area (Å²) >= 11 is 0.995. The van der Waals surface area contributed by atoms with Crippen molar-refractivity contribution in [1.82, 2.24) is 15.8 Å². The van der Waals surface area contributed by atoms with Crippen LogP contribution in [-0.2, 0) is 24.0 Å². The summed E-state index contributed by atoms with van der Waals surface area (Å²) in [5.74, 6) is -4.81. The number of amides is 2. The number of nitrogens with two attached hydrogens (primary N) is 1. The largest absolute Gasteiger partial charge is 0.476 e. The van der Waals surface area contributed by atoms with E-state index in [4.69, 9.17) is 20.0 Å². The number of ether oxygens (including phenoxy) is 2. The molecule has 0 spiro atoms. The fraction of sp³-hybridized carbons (Fsp3) is 0.250. The van der Waals surface area contributed by atoms with Gasteiger partial charge in [0.25, 0.3) is 11.8 Å². The zero-order valence-electron chi connectivity index (χ0n) is 18.9. The predicted molar refractivity (Wildman–Crippen MR) is 121 cm³/mol. The molecule has 0 saturated carbocycles. The predicted octanol–water partition coefficient (Wildman–Crippen LogP) is 0.621. The molecule has 2 amide bonds. The average molecular weight is 507 g/mol. The first-order chi connectivity index (χ1) is 16.3. The molecule has 14 nitrogen and oxygen atoms in total. The van der Waals surface area contributed by atoms with Crippen molar-refractivity contribution in [2.45, 2.75) is 33.3 Å². The van der Waals surface area contributed by atoms with Crippen molar-refractivity contribution < 1.29 is 43.4 Å². The fourth-order valence-corrected chi connectivity index (χ4v) is 2.80. The second kappa shape index (κ2) is 11.1. The molecule has 35 heavy (non-hydrogen) atoms. The molecule has 0 aliphatic rings. The summed E-state index contributed by atoms with van der Waals surface area (Å²) in [6.45, 7) is 4.82. The first-order valence-electron chi connectivity index (χ1n) is 9.62. The number of rotatable bonds is 8. The number of hydrogen-bond donors (Lipinski definition) is 4. The normalized spacial score (nSPS) is 11.3. The molecule has 0 bridgehead atoms. The number of anilines is 1. The number of hydrazine groups is 1. The van der Waals surface area contributed by atoms with Gasteiger partial charge in [0.1, 0.15) is 5.69 Å². The lowest BCUT2D eigenvalue weighted by Gasteiger charge is -2.21. The highest BCUT2D eigenvalue weighted by molar-refractivity contribution is 7.13. The van der Waals surface area contributed by atoms with Crippen LogP contribution in [-0.4, -0.2) is 51.1 Å². The number of carboxylic acids is 1. The van der Waals surface area contributed by atoms with E-state index in [1.807, 2.05) is 0 Å². The van der Waals surface area contributed by atoms with E-state index in [9.17, 15) is 29.1 Å². The van der Waals surface area contributed by atoms with Gasteiger partial charge in [-0.3, -0.25) is 30.0 Å². The highest BCUT2D eigenvalue weighted by atomic mass is 32.1. The topological polar surface area (TPSA) is 209 Å². The van der Waals surface area contributed by atoms with Crippen molar-refractivity contribution in [1.29, 1.82) is 0 Å². The van der Waals surface area contributed by atoms with Crippen LogP contribution >= 0.6 is 11.3 Å². The molecule has 0 radical (unpaired) electrons. The van der Waals surface area contributed by atoms with E-state index in [2.05, 4.69) is 21.0 Å². The van der Waals surface area contributed by atoms with Gasteiger partial charge in [0.05, 0.1) is 0 Å². The third-order valence-corrected chi connectivity index (χ3v) is 4.56. The quantitative estimate of drug-likeness (QED) is 0.168. The summed E-state index contributed by atoms with van der Waals surface area (Å²) in [6.07, 6.45) is 0. The number of benzene rings is 1. The summed E-state index contributed by atoms with van der Waals surface area (Å²) < 4.78 is 9.87. The number of carbonyl (C=O) groups is 5. The number of aromatic nitrogens is 1. The number of thiazole rings is 1. The van der Waals surface area contributed by atoms with E-state index < -0.39 is 41.0 Å². The number of nitrogen functional groups attached to an aromatic ring is 1. The van der Waals surface area contributed by atoms with E-state index in [0.717, 1.165) is 31.3 Å². The van der Waals surface area contributed by atoms with Gasteiger partial charge in [0, 0.05) is 24.8 Å². The van der Waals surface area contributed by atoms with E-state index in [0.29, 0.717) is 0 Å². The lowest BCUT2D eigenvalue weighted by atomic mass is 10.1. The van der Waals surface area contributed by atoms with Crippen molar-refractivity contribution in [3.05, 3.63) is 34.8 Å². The second-order valence-corrected chi connectivity index (χ2v) is 8.06. The maximum Gasteiger partial charge on any atom is 0.360 e. The number of nitrogens with zero attached hydrogens (tertiary/aromatic N) is 2.